The van der Waals surface area contributed by atoms with Gasteiger partial charge >= 0.3 is 0 Å². The van der Waals surface area contributed by atoms with E-state index in [1.54, 1.807) is 0 Å². The van der Waals surface area contributed by atoms with Crippen molar-refractivity contribution in [1.29, 1.82) is 0 Å². The Balaban J connectivity index is 0.00000364. The van der Waals surface area contributed by atoms with Crippen LogP contribution in [0.1, 0.15) is 68.3 Å². The zero-order valence-corrected chi connectivity index (χ0v) is 17.8. The second kappa shape index (κ2) is 14.0. The number of hydrogen-bond donors (Lipinski definition) is 0. The molecule has 0 spiro atoms. The molecule has 4 nitrogen and oxygen atoms in total. The number of hydrogen-bond acceptors (Lipinski definition) is 4. The van der Waals surface area contributed by atoms with Gasteiger partial charge in [0, 0.05) is 31.7 Å². The van der Waals surface area contributed by atoms with E-state index in [0.29, 0.717) is 13.0 Å². The Morgan fingerprint density at radius 2 is 1.81 bits per heavy atom. The van der Waals surface area contributed by atoms with Crippen LogP contribution in [0, 0.1) is 0 Å². The van der Waals surface area contributed by atoms with Crippen LogP contribution in [0.2, 0.25) is 0 Å². The van der Waals surface area contributed by atoms with Crippen LogP contribution in [0.4, 0.5) is 0 Å². The number of nitrogens with zero attached hydrogens (tertiary/aromatic N) is 1. The van der Waals surface area contributed by atoms with Crippen molar-refractivity contribution in [3.63, 3.8) is 0 Å². The number of carbonyl (C=O) groups excluding carboxylic acids is 1. The molecule has 2 rings (SSSR count). The Hall–Kier alpha value is -1.10. The lowest BCUT2D eigenvalue weighted by atomic mass is 10.0. The maximum Gasteiger partial charge on any atom is 0.164 e. The molecular weight excluding hydrogens is 362 g/mol. The molecule has 1 aromatic rings. The third-order valence-electron chi connectivity index (χ3n) is 5.01. The number of benzene rings is 1. The number of piperidine rings is 1. The fourth-order valence-electron chi connectivity index (χ4n) is 3.39. The van der Waals surface area contributed by atoms with Crippen LogP contribution in [0.5, 0.6) is 5.75 Å². The minimum Gasteiger partial charge on any atom is -0.493 e. The Labute approximate surface area is 171 Å². The minimum atomic E-state index is 0. The second-order valence-corrected chi connectivity index (χ2v) is 7.00. The maximum atomic E-state index is 12.5. The highest BCUT2D eigenvalue weighted by Crippen LogP contribution is 2.22. The van der Waals surface area contributed by atoms with E-state index >= 15 is 0 Å². The first-order chi connectivity index (χ1) is 12.7. The normalized spacial score (nSPS) is 14.6. The van der Waals surface area contributed by atoms with Crippen LogP contribution >= 0.6 is 12.4 Å². The van der Waals surface area contributed by atoms with Crippen molar-refractivity contribution >= 4 is 18.2 Å². The van der Waals surface area contributed by atoms with Gasteiger partial charge in [-0.2, -0.15) is 0 Å². The van der Waals surface area contributed by atoms with E-state index in [4.69, 9.17) is 9.47 Å². The van der Waals surface area contributed by atoms with Crippen LogP contribution in [0.15, 0.2) is 18.2 Å². The number of ether oxygens (including phenoxy) is 2. The molecule has 1 aliphatic heterocycles. The standard InChI is InChI=1S/C22H35NO3.ClH/c1-3-19-18-20(21(24)12-15-23-13-6-5-7-14-23)10-11-22(19)26-17-9-8-16-25-4-2;/h10-11,18H,3-9,12-17H2,1-2H3;1H. The number of aryl methyl sites for hydroxylation is 1. The zero-order chi connectivity index (χ0) is 18.6. The molecule has 0 saturated carbocycles. The molecule has 5 heteroatoms. The van der Waals surface area contributed by atoms with Crippen molar-refractivity contribution in [2.24, 2.45) is 0 Å². The summed E-state index contributed by atoms with van der Waals surface area (Å²) in [6.07, 6.45) is 7.36. The van der Waals surface area contributed by atoms with Gasteiger partial charge in [-0.1, -0.05) is 13.3 Å². The van der Waals surface area contributed by atoms with Gasteiger partial charge in [-0.05, 0) is 75.9 Å². The SMILES string of the molecule is CCOCCCCOc1ccc(C(=O)CCN2CCCCC2)cc1CC.Cl. The van der Waals surface area contributed by atoms with Crippen LogP contribution in [-0.2, 0) is 11.2 Å². The second-order valence-electron chi connectivity index (χ2n) is 7.00. The predicted molar refractivity (Wildman–Crippen MR) is 114 cm³/mol. The predicted octanol–water partition coefficient (Wildman–Crippen LogP) is 4.93. The van der Waals surface area contributed by atoms with E-state index < -0.39 is 0 Å². The molecule has 1 fully saturated rings. The average molecular weight is 398 g/mol. The lowest BCUT2D eigenvalue weighted by Crippen LogP contribution is -2.31. The molecule has 0 aromatic heterocycles. The number of halogens is 1. The molecule has 1 aliphatic rings. The fourth-order valence-corrected chi connectivity index (χ4v) is 3.39. The molecule has 154 valence electrons. The Morgan fingerprint density at radius 3 is 2.52 bits per heavy atom. The molecule has 0 unspecified atom stereocenters. The van der Waals surface area contributed by atoms with Gasteiger partial charge in [0.15, 0.2) is 5.78 Å². The Morgan fingerprint density at radius 1 is 1.07 bits per heavy atom. The molecule has 0 bridgehead atoms. The summed E-state index contributed by atoms with van der Waals surface area (Å²) < 4.78 is 11.3. The first-order valence-corrected chi connectivity index (χ1v) is 10.3. The highest BCUT2D eigenvalue weighted by molar-refractivity contribution is 5.96. The molecular formula is C22H36ClNO3. The number of ketones is 1. The molecule has 0 amide bonds. The zero-order valence-electron chi connectivity index (χ0n) is 17.0. The number of likely N-dealkylation sites (tertiary alicyclic amines) is 1. The van der Waals surface area contributed by atoms with Crippen molar-refractivity contribution in [2.45, 2.75) is 58.8 Å². The number of rotatable bonds is 12. The third-order valence-corrected chi connectivity index (χ3v) is 5.01. The smallest absolute Gasteiger partial charge is 0.164 e. The van der Waals surface area contributed by atoms with Crippen molar-refractivity contribution in [3.8, 4) is 5.75 Å². The molecule has 27 heavy (non-hydrogen) atoms. The van der Waals surface area contributed by atoms with Crippen molar-refractivity contribution < 1.29 is 14.3 Å². The van der Waals surface area contributed by atoms with Crippen molar-refractivity contribution in [2.75, 3.05) is 39.5 Å². The Kier molecular flexibility index (Phi) is 12.4. The van der Waals surface area contributed by atoms with E-state index in [9.17, 15) is 4.79 Å². The monoisotopic (exact) mass is 397 g/mol. The molecule has 1 aromatic carbocycles. The molecule has 0 N–H and O–H groups in total. The van der Waals surface area contributed by atoms with Crippen LogP contribution in [0.3, 0.4) is 0 Å². The van der Waals surface area contributed by atoms with Gasteiger partial charge in [0.1, 0.15) is 5.75 Å². The molecule has 0 radical (unpaired) electrons. The first kappa shape index (κ1) is 23.9. The van der Waals surface area contributed by atoms with Crippen molar-refractivity contribution in [3.05, 3.63) is 29.3 Å². The van der Waals surface area contributed by atoms with Gasteiger partial charge in [0.25, 0.3) is 0 Å². The fraction of sp³-hybridized carbons (Fsp3) is 0.682. The summed E-state index contributed by atoms with van der Waals surface area (Å²) >= 11 is 0. The van der Waals surface area contributed by atoms with Gasteiger partial charge in [-0.25, -0.2) is 0 Å². The summed E-state index contributed by atoms with van der Waals surface area (Å²) in [6.45, 7) is 9.56. The van der Waals surface area contributed by atoms with E-state index in [-0.39, 0.29) is 18.2 Å². The lowest BCUT2D eigenvalue weighted by Gasteiger charge is -2.26. The molecule has 0 aliphatic carbocycles. The Bertz CT molecular complexity index is 544. The quantitative estimate of drug-likeness (QED) is 0.370. The van der Waals surface area contributed by atoms with Crippen molar-refractivity contribution in [1.82, 2.24) is 4.90 Å². The summed E-state index contributed by atoms with van der Waals surface area (Å²) in [5, 5.41) is 0. The topological polar surface area (TPSA) is 38.8 Å². The molecule has 0 atom stereocenters. The van der Waals surface area contributed by atoms with Crippen LogP contribution in [0.25, 0.3) is 0 Å². The summed E-state index contributed by atoms with van der Waals surface area (Å²) in [6, 6.07) is 5.91. The van der Waals surface area contributed by atoms with Gasteiger partial charge < -0.3 is 14.4 Å². The van der Waals surface area contributed by atoms with Gasteiger partial charge in [-0.3, -0.25) is 4.79 Å². The van der Waals surface area contributed by atoms with Gasteiger partial charge in [0.05, 0.1) is 6.61 Å². The average Bonchev–Trinajstić information content (AvgIpc) is 2.69. The van der Waals surface area contributed by atoms with E-state index in [0.717, 1.165) is 69.0 Å². The minimum absolute atomic E-state index is 0. The molecule has 1 saturated heterocycles. The number of Topliss-reactive ketones (excluding diaryl/α,β-unsaturated/α-hetero) is 1. The van der Waals surface area contributed by atoms with E-state index in [2.05, 4.69) is 11.8 Å². The summed E-state index contributed by atoms with van der Waals surface area (Å²) in [7, 11) is 0. The highest BCUT2D eigenvalue weighted by atomic mass is 35.5. The highest BCUT2D eigenvalue weighted by Gasteiger charge is 2.14. The first-order valence-electron chi connectivity index (χ1n) is 10.3. The summed E-state index contributed by atoms with van der Waals surface area (Å²) in [5.41, 5.74) is 1.95. The molecule has 1 heterocycles. The third kappa shape index (κ3) is 8.63. The van der Waals surface area contributed by atoms with Gasteiger partial charge in [-0.15, -0.1) is 12.4 Å². The lowest BCUT2D eigenvalue weighted by molar-refractivity contribution is 0.0958. The summed E-state index contributed by atoms with van der Waals surface area (Å²) in [4.78, 5) is 15.0. The van der Waals surface area contributed by atoms with Gasteiger partial charge in [0.2, 0.25) is 0 Å². The number of unbranched alkanes of at least 4 members (excludes halogenated alkanes) is 1. The summed E-state index contributed by atoms with van der Waals surface area (Å²) in [5.74, 6) is 1.16. The van der Waals surface area contributed by atoms with E-state index in [1.807, 2.05) is 25.1 Å². The number of carbonyl (C=O) groups is 1. The van der Waals surface area contributed by atoms with Crippen LogP contribution in [-0.4, -0.2) is 50.1 Å². The van der Waals surface area contributed by atoms with Crippen LogP contribution < -0.4 is 4.74 Å². The maximum absolute atomic E-state index is 12.5. The largest absolute Gasteiger partial charge is 0.493 e. The van der Waals surface area contributed by atoms with E-state index in [1.165, 1.54) is 19.3 Å².